The third kappa shape index (κ3) is 3.18. The summed E-state index contributed by atoms with van der Waals surface area (Å²) in [6.07, 6.45) is 2.36. The molecule has 0 aliphatic carbocycles. The van der Waals surface area contributed by atoms with Crippen molar-refractivity contribution in [3.63, 3.8) is 0 Å². The molecule has 66 valence electrons. The normalized spacial score (nSPS) is 28.4. The number of rotatable bonds is 2. The van der Waals surface area contributed by atoms with Gasteiger partial charge in [-0.05, 0) is 33.0 Å². The Hall–Kier alpha value is -0.120. The van der Waals surface area contributed by atoms with Crippen molar-refractivity contribution in [2.24, 2.45) is 5.73 Å². The van der Waals surface area contributed by atoms with Crippen molar-refractivity contribution in [1.29, 1.82) is 0 Å². The number of nitrogens with zero attached hydrogens (tertiary/aromatic N) is 1. The predicted octanol–water partition coefficient (Wildman–Crippen LogP) is -0.371. The summed E-state index contributed by atoms with van der Waals surface area (Å²) in [7, 11) is 2.17. The lowest BCUT2D eigenvalue weighted by Gasteiger charge is -2.13. The van der Waals surface area contributed by atoms with E-state index in [1.807, 2.05) is 0 Å². The molecule has 0 amide bonds. The highest BCUT2D eigenvalue weighted by Crippen LogP contribution is 2.01. The van der Waals surface area contributed by atoms with Crippen LogP contribution in [-0.2, 0) is 0 Å². The first-order valence-corrected chi connectivity index (χ1v) is 4.45. The van der Waals surface area contributed by atoms with E-state index in [4.69, 9.17) is 5.73 Å². The Bertz CT molecular complexity index is 106. The van der Waals surface area contributed by atoms with Crippen LogP contribution >= 0.6 is 0 Å². The van der Waals surface area contributed by atoms with Crippen molar-refractivity contribution >= 4 is 0 Å². The van der Waals surface area contributed by atoms with Gasteiger partial charge < -0.3 is 16.0 Å². The van der Waals surface area contributed by atoms with E-state index in [1.165, 1.54) is 19.5 Å². The van der Waals surface area contributed by atoms with Gasteiger partial charge in [0.1, 0.15) is 0 Å². The Kier molecular flexibility index (Phi) is 3.83. The van der Waals surface area contributed by atoms with Crippen molar-refractivity contribution in [1.82, 2.24) is 10.2 Å². The van der Waals surface area contributed by atoms with Crippen LogP contribution in [0.25, 0.3) is 0 Å². The number of nitrogens with one attached hydrogen (secondary N) is 1. The second-order valence-corrected chi connectivity index (χ2v) is 3.32. The van der Waals surface area contributed by atoms with E-state index in [9.17, 15) is 0 Å². The third-order valence-corrected chi connectivity index (χ3v) is 2.30. The highest BCUT2D eigenvalue weighted by Gasteiger charge is 2.12. The monoisotopic (exact) mass is 157 g/mol. The zero-order valence-corrected chi connectivity index (χ0v) is 7.34. The minimum absolute atomic E-state index is 0.657. The number of hydrogen-bond donors (Lipinski definition) is 2. The summed E-state index contributed by atoms with van der Waals surface area (Å²) in [6, 6.07) is 0.657. The highest BCUT2D eigenvalue weighted by molar-refractivity contribution is 4.73. The molecule has 1 aliphatic heterocycles. The molecule has 1 atom stereocenters. The second kappa shape index (κ2) is 4.70. The third-order valence-electron chi connectivity index (χ3n) is 2.30. The van der Waals surface area contributed by atoms with Gasteiger partial charge in [0, 0.05) is 19.1 Å². The van der Waals surface area contributed by atoms with E-state index in [-0.39, 0.29) is 0 Å². The van der Waals surface area contributed by atoms with Gasteiger partial charge in [0.2, 0.25) is 0 Å². The van der Waals surface area contributed by atoms with Crippen LogP contribution < -0.4 is 11.1 Å². The van der Waals surface area contributed by atoms with Gasteiger partial charge in [-0.25, -0.2) is 0 Å². The number of nitrogens with two attached hydrogens (primary N) is 1. The smallest absolute Gasteiger partial charge is 0.0104 e. The summed E-state index contributed by atoms with van der Waals surface area (Å²) in [6.45, 7) is 4.29. The van der Waals surface area contributed by atoms with E-state index >= 15 is 0 Å². The molecule has 1 unspecified atom stereocenters. The summed E-state index contributed by atoms with van der Waals surface area (Å²) < 4.78 is 0. The van der Waals surface area contributed by atoms with Crippen molar-refractivity contribution in [3.05, 3.63) is 0 Å². The molecule has 0 bridgehead atoms. The van der Waals surface area contributed by atoms with Gasteiger partial charge in [0.25, 0.3) is 0 Å². The van der Waals surface area contributed by atoms with E-state index in [2.05, 4.69) is 17.3 Å². The van der Waals surface area contributed by atoms with Gasteiger partial charge in [0.05, 0.1) is 0 Å². The lowest BCUT2D eigenvalue weighted by molar-refractivity contribution is 0.354. The lowest BCUT2D eigenvalue weighted by Crippen LogP contribution is -2.31. The second-order valence-electron chi connectivity index (χ2n) is 3.32. The summed E-state index contributed by atoms with van der Waals surface area (Å²) in [5, 5.41) is 3.49. The van der Waals surface area contributed by atoms with E-state index in [1.54, 1.807) is 0 Å². The molecular weight excluding hydrogens is 138 g/mol. The predicted molar refractivity (Wildman–Crippen MR) is 47.6 cm³/mol. The first kappa shape index (κ1) is 8.97. The van der Waals surface area contributed by atoms with Crippen molar-refractivity contribution in [2.75, 3.05) is 33.2 Å². The topological polar surface area (TPSA) is 41.3 Å². The quantitative estimate of drug-likeness (QED) is 0.574. The summed E-state index contributed by atoms with van der Waals surface area (Å²) in [5.74, 6) is 0. The zero-order chi connectivity index (χ0) is 8.10. The highest BCUT2D eigenvalue weighted by atomic mass is 15.1. The first-order chi connectivity index (χ1) is 5.33. The summed E-state index contributed by atoms with van der Waals surface area (Å²) in [5.41, 5.74) is 5.49. The average molecular weight is 157 g/mol. The van der Waals surface area contributed by atoms with Gasteiger partial charge in [-0.1, -0.05) is 0 Å². The van der Waals surface area contributed by atoms with Crippen LogP contribution in [0.3, 0.4) is 0 Å². The molecule has 0 aromatic rings. The van der Waals surface area contributed by atoms with E-state index in [0.29, 0.717) is 6.04 Å². The molecule has 1 heterocycles. The maximum Gasteiger partial charge on any atom is 0.0104 e. The lowest BCUT2D eigenvalue weighted by atomic mass is 10.1. The largest absolute Gasteiger partial charge is 0.330 e. The molecule has 11 heavy (non-hydrogen) atoms. The Morgan fingerprint density at radius 1 is 1.55 bits per heavy atom. The maximum atomic E-state index is 5.49. The molecule has 3 N–H and O–H groups in total. The van der Waals surface area contributed by atoms with Crippen LogP contribution in [0.1, 0.15) is 12.8 Å². The number of hydrogen-bond acceptors (Lipinski definition) is 3. The Morgan fingerprint density at radius 3 is 3.09 bits per heavy atom. The van der Waals surface area contributed by atoms with Crippen LogP contribution in [0.5, 0.6) is 0 Å². The van der Waals surface area contributed by atoms with Gasteiger partial charge in [-0.15, -0.1) is 0 Å². The van der Waals surface area contributed by atoms with Crippen LogP contribution in [0.15, 0.2) is 0 Å². The van der Waals surface area contributed by atoms with Crippen LogP contribution in [-0.4, -0.2) is 44.2 Å². The fourth-order valence-corrected chi connectivity index (χ4v) is 1.50. The Morgan fingerprint density at radius 2 is 2.36 bits per heavy atom. The average Bonchev–Trinajstić information content (AvgIpc) is 2.17. The molecule has 0 aromatic heterocycles. The summed E-state index contributed by atoms with van der Waals surface area (Å²) >= 11 is 0. The molecule has 0 spiro atoms. The Labute approximate surface area is 68.9 Å². The van der Waals surface area contributed by atoms with Gasteiger partial charge >= 0.3 is 0 Å². The molecule has 1 aliphatic rings. The molecule has 1 rings (SSSR count). The van der Waals surface area contributed by atoms with Crippen molar-refractivity contribution in [3.8, 4) is 0 Å². The van der Waals surface area contributed by atoms with Gasteiger partial charge in [-0.3, -0.25) is 0 Å². The molecule has 3 nitrogen and oxygen atoms in total. The van der Waals surface area contributed by atoms with E-state index in [0.717, 1.165) is 19.5 Å². The zero-order valence-electron chi connectivity index (χ0n) is 7.34. The molecule has 0 saturated carbocycles. The Balaban J connectivity index is 2.22. The van der Waals surface area contributed by atoms with Crippen molar-refractivity contribution < 1.29 is 0 Å². The fourth-order valence-electron chi connectivity index (χ4n) is 1.50. The molecule has 3 heteroatoms. The SMILES string of the molecule is CN1CCNC(CCN)CC1. The van der Waals surface area contributed by atoms with Crippen LogP contribution in [0, 0.1) is 0 Å². The molecule has 0 radical (unpaired) electrons. The van der Waals surface area contributed by atoms with Gasteiger partial charge in [-0.2, -0.15) is 0 Å². The van der Waals surface area contributed by atoms with Gasteiger partial charge in [0.15, 0.2) is 0 Å². The van der Waals surface area contributed by atoms with Crippen molar-refractivity contribution in [2.45, 2.75) is 18.9 Å². The molecule has 1 saturated heterocycles. The first-order valence-electron chi connectivity index (χ1n) is 4.45. The number of likely N-dealkylation sites (N-methyl/N-ethyl adjacent to an activating group) is 1. The molecule has 0 aromatic carbocycles. The molecule has 1 fully saturated rings. The minimum atomic E-state index is 0.657. The molecular formula is C8H19N3. The standard InChI is InChI=1S/C8H19N3/c1-11-6-3-8(2-4-9)10-5-7-11/h8,10H,2-7,9H2,1H3. The van der Waals surface area contributed by atoms with Crippen LogP contribution in [0.2, 0.25) is 0 Å². The minimum Gasteiger partial charge on any atom is -0.330 e. The summed E-state index contributed by atoms with van der Waals surface area (Å²) in [4.78, 5) is 2.36. The fraction of sp³-hybridized carbons (Fsp3) is 1.00. The van der Waals surface area contributed by atoms with Crippen LogP contribution in [0.4, 0.5) is 0 Å². The van der Waals surface area contributed by atoms with E-state index < -0.39 is 0 Å². The maximum absolute atomic E-state index is 5.49.